The molecule has 0 amide bonds. The average Bonchev–Trinajstić information content (AvgIpc) is 2.37. The fourth-order valence-corrected chi connectivity index (χ4v) is 3.46. The van der Waals surface area contributed by atoms with Crippen LogP contribution in [0.15, 0.2) is 51.8 Å². The highest BCUT2D eigenvalue weighted by Gasteiger charge is 2.09. The van der Waals surface area contributed by atoms with Crippen molar-refractivity contribution in [1.82, 2.24) is 0 Å². The lowest BCUT2D eigenvalue weighted by Crippen LogP contribution is -1.97. The third-order valence-corrected chi connectivity index (χ3v) is 4.59. The summed E-state index contributed by atoms with van der Waals surface area (Å²) in [5.41, 5.74) is 1.33. The van der Waals surface area contributed by atoms with Crippen LogP contribution in [0.4, 0.5) is 0 Å². The minimum Gasteiger partial charge on any atom is -0.478 e. The van der Waals surface area contributed by atoms with Crippen LogP contribution >= 0.6 is 39.3 Å². The second kappa shape index (κ2) is 6.46. The van der Waals surface area contributed by atoms with Crippen LogP contribution in [0.3, 0.4) is 0 Å². The van der Waals surface area contributed by atoms with Crippen molar-refractivity contribution in [2.24, 2.45) is 0 Å². The summed E-state index contributed by atoms with van der Waals surface area (Å²) in [7, 11) is 0. The van der Waals surface area contributed by atoms with E-state index in [-0.39, 0.29) is 5.56 Å². The fraction of sp³-hybridized carbons (Fsp3) is 0.0714. The van der Waals surface area contributed by atoms with Crippen molar-refractivity contribution in [3.63, 3.8) is 0 Å². The predicted molar refractivity (Wildman–Crippen MR) is 82.1 cm³/mol. The number of carbonyl (C=O) groups is 1. The molecule has 0 unspecified atom stereocenters. The number of halogens is 2. The predicted octanol–water partition coefficient (Wildman–Crippen LogP) is 5.09. The number of carboxylic acids is 1. The first kappa shape index (κ1) is 14.4. The van der Waals surface area contributed by atoms with Gasteiger partial charge in [0.2, 0.25) is 0 Å². The highest BCUT2D eigenvalue weighted by atomic mass is 79.9. The normalized spacial score (nSPS) is 10.4. The first-order valence-corrected chi connectivity index (χ1v) is 7.62. The Bertz CT molecular complexity index is 616. The molecule has 2 nitrogen and oxygen atoms in total. The summed E-state index contributed by atoms with van der Waals surface area (Å²) in [6.45, 7) is 0. The third-order valence-electron chi connectivity index (χ3n) is 2.52. The number of benzene rings is 2. The van der Waals surface area contributed by atoms with Gasteiger partial charge in [-0.3, -0.25) is 0 Å². The maximum absolute atomic E-state index is 10.9. The first-order chi connectivity index (χ1) is 9.08. The Morgan fingerprint density at radius 1 is 1.26 bits per heavy atom. The number of hydrogen-bond donors (Lipinski definition) is 1. The van der Waals surface area contributed by atoms with Gasteiger partial charge in [0.05, 0.1) is 5.56 Å². The molecule has 0 atom stereocenters. The number of carboxylic acid groups (broad SMARTS) is 1. The van der Waals surface area contributed by atoms with Gasteiger partial charge in [-0.25, -0.2) is 4.79 Å². The molecule has 0 saturated heterocycles. The van der Waals surface area contributed by atoms with E-state index in [1.54, 1.807) is 23.9 Å². The zero-order chi connectivity index (χ0) is 13.8. The molecule has 0 aliphatic heterocycles. The molecule has 0 aromatic heterocycles. The zero-order valence-electron chi connectivity index (χ0n) is 9.77. The summed E-state index contributed by atoms with van der Waals surface area (Å²) in [4.78, 5) is 11.9. The maximum atomic E-state index is 10.9. The molecule has 0 bridgehead atoms. The molecule has 0 heterocycles. The van der Waals surface area contributed by atoms with Gasteiger partial charge in [-0.05, 0) is 45.8 Å². The van der Waals surface area contributed by atoms with Gasteiger partial charge in [0.25, 0.3) is 0 Å². The monoisotopic (exact) mass is 356 g/mol. The van der Waals surface area contributed by atoms with Crippen LogP contribution < -0.4 is 0 Å². The maximum Gasteiger partial charge on any atom is 0.336 e. The lowest BCUT2D eigenvalue weighted by Gasteiger charge is -2.06. The number of rotatable bonds is 4. The van der Waals surface area contributed by atoms with Gasteiger partial charge in [0, 0.05) is 20.1 Å². The molecule has 0 aliphatic rings. The van der Waals surface area contributed by atoms with Gasteiger partial charge in [-0.2, -0.15) is 0 Å². The van der Waals surface area contributed by atoms with Crippen molar-refractivity contribution in [2.45, 2.75) is 10.6 Å². The standard InChI is InChI=1S/C14H10BrClO2S/c15-12-7-10(5-6-11(12)14(17)18)19-8-9-3-1-2-4-13(9)16/h1-7H,8H2,(H,17,18). The van der Waals surface area contributed by atoms with Crippen molar-refractivity contribution >= 4 is 45.3 Å². The van der Waals surface area contributed by atoms with Gasteiger partial charge in [-0.1, -0.05) is 29.8 Å². The summed E-state index contributed by atoms with van der Waals surface area (Å²) in [5.74, 6) is -0.187. The molecular weight excluding hydrogens is 348 g/mol. The van der Waals surface area contributed by atoms with Crippen LogP contribution in [0.5, 0.6) is 0 Å². The van der Waals surface area contributed by atoms with E-state index >= 15 is 0 Å². The van der Waals surface area contributed by atoms with E-state index in [1.165, 1.54) is 0 Å². The smallest absolute Gasteiger partial charge is 0.336 e. The van der Waals surface area contributed by atoms with Gasteiger partial charge < -0.3 is 5.11 Å². The van der Waals surface area contributed by atoms with Crippen LogP contribution in [-0.2, 0) is 5.75 Å². The number of aromatic carboxylic acids is 1. The van der Waals surface area contributed by atoms with Crippen LogP contribution in [0.25, 0.3) is 0 Å². The van der Waals surface area contributed by atoms with Crippen LogP contribution in [0.1, 0.15) is 15.9 Å². The Hall–Kier alpha value is -0.970. The SMILES string of the molecule is O=C(O)c1ccc(SCc2ccccc2Cl)cc1Br. The van der Waals surface area contributed by atoms with E-state index in [2.05, 4.69) is 15.9 Å². The average molecular weight is 358 g/mol. The molecule has 19 heavy (non-hydrogen) atoms. The van der Waals surface area contributed by atoms with Crippen molar-refractivity contribution < 1.29 is 9.90 Å². The molecule has 5 heteroatoms. The molecule has 0 saturated carbocycles. The van der Waals surface area contributed by atoms with Gasteiger partial charge >= 0.3 is 5.97 Å². The van der Waals surface area contributed by atoms with Gasteiger partial charge in [0.15, 0.2) is 0 Å². The van der Waals surface area contributed by atoms with Crippen molar-refractivity contribution in [3.8, 4) is 0 Å². The van der Waals surface area contributed by atoms with Crippen LogP contribution in [-0.4, -0.2) is 11.1 Å². The minimum atomic E-state index is -0.936. The molecule has 98 valence electrons. The van der Waals surface area contributed by atoms with E-state index in [0.717, 1.165) is 21.2 Å². The summed E-state index contributed by atoms with van der Waals surface area (Å²) < 4.78 is 0.587. The lowest BCUT2D eigenvalue weighted by molar-refractivity contribution is 0.0696. The molecular formula is C14H10BrClO2S. The largest absolute Gasteiger partial charge is 0.478 e. The topological polar surface area (TPSA) is 37.3 Å². The molecule has 2 rings (SSSR count). The van der Waals surface area contributed by atoms with E-state index in [4.69, 9.17) is 16.7 Å². The number of hydrogen-bond acceptors (Lipinski definition) is 2. The Morgan fingerprint density at radius 3 is 2.63 bits per heavy atom. The molecule has 0 radical (unpaired) electrons. The first-order valence-electron chi connectivity index (χ1n) is 5.47. The molecule has 0 fully saturated rings. The highest BCUT2D eigenvalue weighted by molar-refractivity contribution is 9.10. The molecule has 2 aromatic carbocycles. The Labute approximate surface area is 128 Å². The Kier molecular flexibility index (Phi) is 4.91. The molecule has 2 aromatic rings. The fourth-order valence-electron chi connectivity index (χ4n) is 1.54. The summed E-state index contributed by atoms with van der Waals surface area (Å²) in [5, 5.41) is 9.69. The summed E-state index contributed by atoms with van der Waals surface area (Å²) >= 11 is 11.0. The van der Waals surface area contributed by atoms with Crippen LogP contribution in [0, 0.1) is 0 Å². The Morgan fingerprint density at radius 2 is 2.00 bits per heavy atom. The summed E-state index contributed by atoms with van der Waals surface area (Å²) in [6.07, 6.45) is 0. The second-order valence-corrected chi connectivity index (χ2v) is 6.14. The number of thioether (sulfide) groups is 1. The molecule has 0 spiro atoms. The zero-order valence-corrected chi connectivity index (χ0v) is 12.9. The lowest BCUT2D eigenvalue weighted by atomic mass is 10.2. The minimum absolute atomic E-state index is 0.266. The molecule has 0 aliphatic carbocycles. The highest BCUT2D eigenvalue weighted by Crippen LogP contribution is 2.29. The van der Waals surface area contributed by atoms with Crippen molar-refractivity contribution in [3.05, 3.63) is 63.1 Å². The van der Waals surface area contributed by atoms with E-state index in [1.807, 2.05) is 30.3 Å². The van der Waals surface area contributed by atoms with E-state index in [0.29, 0.717) is 4.47 Å². The van der Waals surface area contributed by atoms with Gasteiger partial charge in [0.1, 0.15) is 0 Å². The quantitative estimate of drug-likeness (QED) is 0.774. The van der Waals surface area contributed by atoms with E-state index < -0.39 is 5.97 Å². The molecule has 1 N–H and O–H groups in total. The van der Waals surface area contributed by atoms with Crippen LogP contribution in [0.2, 0.25) is 5.02 Å². The second-order valence-electron chi connectivity index (χ2n) is 3.83. The summed E-state index contributed by atoms with van der Waals surface area (Å²) in [6, 6.07) is 12.9. The van der Waals surface area contributed by atoms with Crippen molar-refractivity contribution in [2.75, 3.05) is 0 Å². The Balaban J connectivity index is 2.11. The third kappa shape index (κ3) is 3.75. The van der Waals surface area contributed by atoms with E-state index in [9.17, 15) is 4.79 Å². The van der Waals surface area contributed by atoms with Crippen molar-refractivity contribution in [1.29, 1.82) is 0 Å². The van der Waals surface area contributed by atoms with Gasteiger partial charge in [-0.15, -0.1) is 11.8 Å².